The van der Waals surface area contributed by atoms with Gasteiger partial charge in [0.25, 0.3) is 0 Å². The van der Waals surface area contributed by atoms with Crippen LogP contribution in [0.15, 0.2) is 36.4 Å². The van der Waals surface area contributed by atoms with Crippen LogP contribution in [0.2, 0.25) is 5.02 Å². The third-order valence-corrected chi connectivity index (χ3v) is 2.48. The van der Waals surface area contributed by atoms with Crippen LogP contribution < -0.4 is 11.1 Å². The van der Waals surface area contributed by atoms with Gasteiger partial charge in [-0.05, 0) is 30.3 Å². The van der Waals surface area contributed by atoms with Crippen LogP contribution in [0.4, 0.5) is 17.3 Å². The van der Waals surface area contributed by atoms with Gasteiger partial charge in [0.1, 0.15) is 11.6 Å². The number of aromatic nitrogens is 1. The second kappa shape index (κ2) is 4.93. The first-order chi connectivity index (χ1) is 8.56. The van der Waals surface area contributed by atoms with Crippen molar-refractivity contribution in [2.45, 2.75) is 0 Å². The standard InChI is InChI=1S/C12H10ClN3O2/c13-7-4-5-8(12(17)18)9(6-7)15-11-3-1-2-10(14)16-11/h1-6H,(H,17,18)(H3,14,15,16). The summed E-state index contributed by atoms with van der Waals surface area (Å²) >= 11 is 5.84. The van der Waals surface area contributed by atoms with Crippen LogP contribution in [0.3, 0.4) is 0 Å². The van der Waals surface area contributed by atoms with Crippen molar-refractivity contribution in [1.29, 1.82) is 0 Å². The number of carboxylic acid groups (broad SMARTS) is 1. The fourth-order valence-corrected chi connectivity index (χ4v) is 1.64. The maximum Gasteiger partial charge on any atom is 0.337 e. The molecular formula is C12H10ClN3O2. The highest BCUT2D eigenvalue weighted by atomic mass is 35.5. The van der Waals surface area contributed by atoms with E-state index in [0.717, 1.165) is 0 Å². The van der Waals surface area contributed by atoms with E-state index < -0.39 is 5.97 Å². The first kappa shape index (κ1) is 12.2. The highest BCUT2D eigenvalue weighted by Crippen LogP contribution is 2.24. The summed E-state index contributed by atoms with van der Waals surface area (Å²) in [4.78, 5) is 15.1. The van der Waals surface area contributed by atoms with Gasteiger partial charge in [0.05, 0.1) is 11.3 Å². The fourth-order valence-electron chi connectivity index (χ4n) is 1.47. The summed E-state index contributed by atoms with van der Waals surface area (Å²) in [5, 5.41) is 12.4. The number of anilines is 3. The normalized spacial score (nSPS) is 10.1. The van der Waals surface area contributed by atoms with Crippen molar-refractivity contribution in [3.63, 3.8) is 0 Å². The van der Waals surface area contributed by atoms with Crippen LogP contribution in [-0.4, -0.2) is 16.1 Å². The number of nitrogens with zero attached hydrogens (tertiary/aromatic N) is 1. The number of nitrogen functional groups attached to an aromatic ring is 1. The molecule has 0 fully saturated rings. The molecule has 1 aromatic carbocycles. The van der Waals surface area contributed by atoms with Crippen molar-refractivity contribution < 1.29 is 9.90 Å². The number of pyridine rings is 1. The number of nitrogens with two attached hydrogens (primary N) is 1. The SMILES string of the molecule is Nc1cccc(Nc2cc(Cl)ccc2C(=O)O)n1. The lowest BCUT2D eigenvalue weighted by molar-refractivity contribution is 0.0698. The van der Waals surface area contributed by atoms with Crippen molar-refractivity contribution in [3.05, 3.63) is 47.0 Å². The molecule has 4 N–H and O–H groups in total. The predicted octanol–water partition coefficient (Wildman–Crippen LogP) is 2.76. The van der Waals surface area contributed by atoms with Crippen LogP contribution in [0.1, 0.15) is 10.4 Å². The Bertz CT molecular complexity index is 602. The highest BCUT2D eigenvalue weighted by Gasteiger charge is 2.11. The van der Waals surface area contributed by atoms with Crippen LogP contribution in [0, 0.1) is 0 Å². The zero-order valence-electron chi connectivity index (χ0n) is 9.22. The van der Waals surface area contributed by atoms with E-state index >= 15 is 0 Å². The van der Waals surface area contributed by atoms with E-state index in [4.69, 9.17) is 22.4 Å². The summed E-state index contributed by atoms with van der Waals surface area (Å²) in [6.45, 7) is 0. The van der Waals surface area contributed by atoms with Gasteiger partial charge >= 0.3 is 5.97 Å². The number of aromatic carboxylic acids is 1. The molecule has 5 nitrogen and oxygen atoms in total. The van der Waals surface area contributed by atoms with Gasteiger partial charge in [-0.1, -0.05) is 17.7 Å². The van der Waals surface area contributed by atoms with Crippen molar-refractivity contribution in [2.24, 2.45) is 0 Å². The largest absolute Gasteiger partial charge is 0.478 e. The van der Waals surface area contributed by atoms with Gasteiger partial charge in [-0.25, -0.2) is 9.78 Å². The molecule has 0 saturated heterocycles. The van der Waals surface area contributed by atoms with Crippen LogP contribution in [0.5, 0.6) is 0 Å². The molecule has 0 bridgehead atoms. The number of rotatable bonds is 3. The van der Waals surface area contributed by atoms with Gasteiger partial charge in [0.2, 0.25) is 0 Å². The maximum atomic E-state index is 11.1. The molecule has 0 saturated carbocycles. The third kappa shape index (κ3) is 2.70. The fraction of sp³-hybridized carbons (Fsp3) is 0. The topological polar surface area (TPSA) is 88.2 Å². The van der Waals surface area contributed by atoms with Crippen LogP contribution in [0.25, 0.3) is 0 Å². The Morgan fingerprint density at radius 1 is 1.33 bits per heavy atom. The summed E-state index contributed by atoms with van der Waals surface area (Å²) < 4.78 is 0. The van der Waals surface area contributed by atoms with E-state index in [-0.39, 0.29) is 5.56 Å². The van der Waals surface area contributed by atoms with Gasteiger partial charge in [-0.15, -0.1) is 0 Å². The predicted molar refractivity (Wildman–Crippen MR) is 70.3 cm³/mol. The molecule has 0 amide bonds. The Balaban J connectivity index is 2.39. The maximum absolute atomic E-state index is 11.1. The van der Waals surface area contributed by atoms with Crippen molar-refractivity contribution in [3.8, 4) is 0 Å². The smallest absolute Gasteiger partial charge is 0.337 e. The molecule has 1 aromatic heterocycles. The van der Waals surface area contributed by atoms with E-state index in [2.05, 4.69) is 10.3 Å². The van der Waals surface area contributed by atoms with Gasteiger partial charge in [0, 0.05) is 5.02 Å². The number of halogens is 1. The molecule has 1 heterocycles. The van der Waals surface area contributed by atoms with Gasteiger partial charge in [-0.2, -0.15) is 0 Å². The molecule has 0 aliphatic carbocycles. The number of carbonyl (C=O) groups is 1. The van der Waals surface area contributed by atoms with E-state index in [1.807, 2.05) is 0 Å². The summed E-state index contributed by atoms with van der Waals surface area (Å²) in [7, 11) is 0. The van der Waals surface area contributed by atoms with E-state index in [1.165, 1.54) is 18.2 Å². The lowest BCUT2D eigenvalue weighted by atomic mass is 10.2. The minimum atomic E-state index is -1.04. The molecule has 2 aromatic rings. The monoisotopic (exact) mass is 263 g/mol. The zero-order chi connectivity index (χ0) is 13.1. The first-order valence-electron chi connectivity index (χ1n) is 5.08. The lowest BCUT2D eigenvalue weighted by Crippen LogP contribution is -2.04. The van der Waals surface area contributed by atoms with E-state index in [9.17, 15) is 4.79 Å². The summed E-state index contributed by atoms with van der Waals surface area (Å²) in [6, 6.07) is 9.51. The molecule has 0 unspecified atom stereocenters. The molecular weight excluding hydrogens is 254 g/mol. The summed E-state index contributed by atoms with van der Waals surface area (Å²) in [6.07, 6.45) is 0. The first-order valence-corrected chi connectivity index (χ1v) is 5.46. The number of carboxylic acids is 1. The number of nitrogens with one attached hydrogen (secondary N) is 1. The quantitative estimate of drug-likeness (QED) is 0.792. The molecule has 0 radical (unpaired) electrons. The van der Waals surface area contributed by atoms with Gasteiger partial charge in [0.15, 0.2) is 0 Å². The molecule has 6 heteroatoms. The minimum absolute atomic E-state index is 0.114. The number of hydrogen-bond acceptors (Lipinski definition) is 4. The van der Waals surface area contributed by atoms with Crippen molar-refractivity contribution in [1.82, 2.24) is 4.98 Å². The van der Waals surface area contributed by atoms with Crippen LogP contribution >= 0.6 is 11.6 Å². The average molecular weight is 264 g/mol. The van der Waals surface area contributed by atoms with Crippen molar-refractivity contribution in [2.75, 3.05) is 11.1 Å². The summed E-state index contributed by atoms with van der Waals surface area (Å²) in [5.74, 6) is -0.239. The Labute approximate surface area is 108 Å². The molecule has 0 aliphatic rings. The molecule has 92 valence electrons. The Kier molecular flexibility index (Phi) is 3.34. The van der Waals surface area contributed by atoms with Gasteiger partial charge in [-0.3, -0.25) is 0 Å². The third-order valence-electron chi connectivity index (χ3n) is 2.25. The second-order valence-corrected chi connectivity index (χ2v) is 4.00. The second-order valence-electron chi connectivity index (χ2n) is 3.57. The Hall–Kier alpha value is -2.27. The molecule has 0 aliphatic heterocycles. The highest BCUT2D eigenvalue weighted by molar-refractivity contribution is 6.31. The minimum Gasteiger partial charge on any atom is -0.478 e. The van der Waals surface area contributed by atoms with E-state index in [1.54, 1.807) is 18.2 Å². The molecule has 0 spiro atoms. The summed E-state index contributed by atoms with van der Waals surface area (Å²) in [5.41, 5.74) is 6.03. The van der Waals surface area contributed by atoms with Crippen LogP contribution in [-0.2, 0) is 0 Å². The number of hydrogen-bond donors (Lipinski definition) is 3. The lowest BCUT2D eigenvalue weighted by Gasteiger charge is -2.09. The van der Waals surface area contributed by atoms with Crippen molar-refractivity contribution >= 4 is 34.9 Å². The number of benzene rings is 1. The molecule has 0 atom stereocenters. The Morgan fingerprint density at radius 3 is 2.78 bits per heavy atom. The van der Waals surface area contributed by atoms with Gasteiger partial charge < -0.3 is 16.2 Å². The average Bonchev–Trinajstić information content (AvgIpc) is 2.28. The Morgan fingerprint density at radius 2 is 2.11 bits per heavy atom. The molecule has 18 heavy (non-hydrogen) atoms. The zero-order valence-corrected chi connectivity index (χ0v) is 9.98. The van der Waals surface area contributed by atoms with E-state index in [0.29, 0.717) is 22.3 Å². The molecule has 2 rings (SSSR count).